The number of nitrogens with zero attached hydrogens (tertiary/aromatic N) is 2. The Morgan fingerprint density at radius 3 is 2.72 bits per heavy atom. The summed E-state index contributed by atoms with van der Waals surface area (Å²) in [5.41, 5.74) is 2.13. The minimum Gasteiger partial charge on any atom is -0.465 e. The summed E-state index contributed by atoms with van der Waals surface area (Å²) in [7, 11) is -1.79. The number of rotatable bonds is 9. The highest BCUT2D eigenvalue weighted by Gasteiger charge is 2.30. The Balaban J connectivity index is 1.42. The van der Waals surface area contributed by atoms with Crippen molar-refractivity contribution in [2.24, 2.45) is 13.0 Å². The maximum atomic E-state index is 12.9. The first-order chi connectivity index (χ1) is 17.1. The topological polar surface area (TPSA) is 146 Å². The van der Waals surface area contributed by atoms with Crippen LogP contribution in [0.15, 0.2) is 35.2 Å². The van der Waals surface area contributed by atoms with Gasteiger partial charge >= 0.3 is 6.09 Å². The molecule has 11 heteroatoms. The average Bonchev–Trinajstić information content (AvgIpc) is 3.52. The number of fused-ring (bicyclic) bond motifs is 1. The first-order valence-corrected chi connectivity index (χ1v) is 14.1. The number of aromatic nitrogens is 3. The van der Waals surface area contributed by atoms with Crippen molar-refractivity contribution < 1.29 is 23.1 Å². The van der Waals surface area contributed by atoms with Gasteiger partial charge in [-0.2, -0.15) is 5.10 Å². The minimum absolute atomic E-state index is 0.0474. The molecule has 0 aliphatic heterocycles. The second kappa shape index (κ2) is 10.3. The number of amides is 2. The number of hydrogen-bond acceptors (Lipinski definition) is 5. The molecule has 194 valence electrons. The molecule has 36 heavy (non-hydrogen) atoms. The lowest BCUT2D eigenvalue weighted by atomic mass is 9.95. The highest BCUT2D eigenvalue weighted by molar-refractivity contribution is 7.91. The van der Waals surface area contributed by atoms with Crippen LogP contribution in [0.5, 0.6) is 0 Å². The molecule has 2 heterocycles. The molecule has 2 aromatic heterocycles. The number of carbonyl (C=O) groups is 2. The van der Waals surface area contributed by atoms with E-state index < -0.39 is 15.9 Å². The molecule has 1 saturated carbocycles. The SMILES string of the molecule is CCC(CC1CCC(c2cc(NC(=O)Cc3c(S(C)(=O)=O)c4ccccc4n3C)n[nH]2)C1)NC(=O)O. The molecule has 1 aromatic carbocycles. The van der Waals surface area contributed by atoms with Crippen LogP contribution in [0.25, 0.3) is 10.9 Å². The van der Waals surface area contributed by atoms with Crippen molar-refractivity contribution in [3.8, 4) is 0 Å². The summed E-state index contributed by atoms with van der Waals surface area (Å²) in [6.45, 7) is 1.98. The van der Waals surface area contributed by atoms with Crippen molar-refractivity contribution in [3.05, 3.63) is 41.7 Å². The first-order valence-electron chi connectivity index (χ1n) is 12.2. The fraction of sp³-hybridized carbons (Fsp3) is 0.480. The van der Waals surface area contributed by atoms with Crippen LogP contribution in [0, 0.1) is 5.92 Å². The lowest BCUT2D eigenvalue weighted by Gasteiger charge is -2.19. The van der Waals surface area contributed by atoms with Gasteiger partial charge in [0.2, 0.25) is 5.91 Å². The second-order valence-electron chi connectivity index (χ2n) is 9.72. The zero-order valence-electron chi connectivity index (χ0n) is 20.7. The van der Waals surface area contributed by atoms with E-state index in [1.54, 1.807) is 23.7 Å². The zero-order valence-corrected chi connectivity index (χ0v) is 21.6. The third-order valence-electron chi connectivity index (χ3n) is 7.16. The van der Waals surface area contributed by atoms with Gasteiger partial charge in [0.05, 0.1) is 11.3 Å². The third kappa shape index (κ3) is 5.56. The zero-order chi connectivity index (χ0) is 26.0. The molecule has 2 amide bonds. The van der Waals surface area contributed by atoms with E-state index in [4.69, 9.17) is 5.11 Å². The van der Waals surface area contributed by atoms with Gasteiger partial charge in [-0.1, -0.05) is 25.1 Å². The van der Waals surface area contributed by atoms with Crippen LogP contribution >= 0.6 is 0 Å². The fourth-order valence-electron chi connectivity index (χ4n) is 5.45. The maximum absolute atomic E-state index is 12.9. The van der Waals surface area contributed by atoms with Crippen LogP contribution in [-0.2, 0) is 28.1 Å². The summed E-state index contributed by atoms with van der Waals surface area (Å²) in [6.07, 6.45) is 4.55. The van der Waals surface area contributed by atoms with Gasteiger partial charge in [0.15, 0.2) is 15.7 Å². The first kappa shape index (κ1) is 25.7. The van der Waals surface area contributed by atoms with E-state index in [-0.39, 0.29) is 29.2 Å². The largest absolute Gasteiger partial charge is 0.465 e. The monoisotopic (exact) mass is 515 g/mol. The minimum atomic E-state index is -3.55. The van der Waals surface area contributed by atoms with Crippen molar-refractivity contribution in [2.75, 3.05) is 11.6 Å². The Hall–Kier alpha value is -3.34. The van der Waals surface area contributed by atoms with Crippen LogP contribution in [0.4, 0.5) is 10.6 Å². The molecular weight excluding hydrogens is 482 g/mol. The van der Waals surface area contributed by atoms with Gasteiger partial charge in [0, 0.05) is 53.6 Å². The molecule has 1 aliphatic rings. The predicted octanol–water partition coefficient (Wildman–Crippen LogP) is 3.81. The van der Waals surface area contributed by atoms with Gasteiger partial charge in [-0.15, -0.1) is 0 Å². The number of H-pyrrole nitrogens is 1. The number of carbonyl (C=O) groups excluding carboxylic acids is 1. The van der Waals surface area contributed by atoms with Crippen molar-refractivity contribution in [2.45, 2.75) is 62.3 Å². The fourth-order valence-corrected chi connectivity index (χ4v) is 6.66. The molecule has 10 nitrogen and oxygen atoms in total. The van der Waals surface area contributed by atoms with Gasteiger partial charge in [0.25, 0.3) is 0 Å². The maximum Gasteiger partial charge on any atom is 0.404 e. The molecule has 3 unspecified atom stereocenters. The van der Waals surface area contributed by atoms with Gasteiger partial charge in [0.1, 0.15) is 0 Å². The summed E-state index contributed by atoms with van der Waals surface area (Å²) in [5, 5.41) is 22.3. The van der Waals surface area contributed by atoms with Crippen LogP contribution in [0.1, 0.15) is 56.3 Å². The molecule has 1 aliphatic carbocycles. The third-order valence-corrected chi connectivity index (χ3v) is 8.36. The number of para-hydroxylation sites is 1. The molecule has 4 N–H and O–H groups in total. The highest BCUT2D eigenvalue weighted by atomic mass is 32.2. The van der Waals surface area contributed by atoms with Crippen molar-refractivity contribution in [3.63, 3.8) is 0 Å². The van der Waals surface area contributed by atoms with E-state index in [2.05, 4.69) is 20.8 Å². The number of carboxylic acid groups (broad SMARTS) is 1. The summed E-state index contributed by atoms with van der Waals surface area (Å²) in [4.78, 5) is 24.0. The number of benzene rings is 1. The molecule has 0 saturated heterocycles. The second-order valence-corrected chi connectivity index (χ2v) is 11.7. The van der Waals surface area contributed by atoms with Crippen LogP contribution in [-0.4, -0.2) is 52.6 Å². The van der Waals surface area contributed by atoms with Crippen LogP contribution < -0.4 is 10.6 Å². The highest BCUT2D eigenvalue weighted by Crippen LogP contribution is 2.40. The number of aryl methyl sites for hydroxylation is 1. The smallest absolute Gasteiger partial charge is 0.404 e. The molecule has 3 atom stereocenters. The summed E-state index contributed by atoms with van der Waals surface area (Å²) in [5.74, 6) is 0.746. The number of aromatic amines is 1. The molecule has 3 aromatic rings. The van der Waals surface area contributed by atoms with Gasteiger partial charge in [-0.25, -0.2) is 13.2 Å². The van der Waals surface area contributed by atoms with Gasteiger partial charge in [-0.3, -0.25) is 9.89 Å². The van der Waals surface area contributed by atoms with Crippen LogP contribution in [0.2, 0.25) is 0 Å². The Morgan fingerprint density at radius 2 is 2.03 bits per heavy atom. The number of nitrogens with one attached hydrogen (secondary N) is 3. The summed E-state index contributed by atoms with van der Waals surface area (Å²) >= 11 is 0. The summed E-state index contributed by atoms with van der Waals surface area (Å²) in [6, 6.07) is 8.99. The van der Waals surface area contributed by atoms with Crippen molar-refractivity contribution in [1.29, 1.82) is 0 Å². The molecule has 4 rings (SSSR count). The predicted molar refractivity (Wildman–Crippen MR) is 137 cm³/mol. The Morgan fingerprint density at radius 1 is 1.28 bits per heavy atom. The number of sulfone groups is 1. The Kier molecular flexibility index (Phi) is 7.39. The number of hydrogen-bond donors (Lipinski definition) is 4. The average molecular weight is 516 g/mol. The number of anilines is 1. The lowest BCUT2D eigenvalue weighted by molar-refractivity contribution is -0.115. The lowest BCUT2D eigenvalue weighted by Crippen LogP contribution is -2.34. The standard InChI is InChI=1S/C25H33N5O5S/c1-4-17(26-25(32)33)12-15-9-10-16(11-15)19-13-22(29-28-19)27-23(31)14-21-24(36(3,34)35)18-7-5-6-8-20(18)30(21)2/h5-8,13,15-17,26H,4,9-12,14H2,1-3H3,(H,32,33)(H2,27,28,29,31). The Bertz CT molecular complexity index is 1380. The van der Waals surface area contributed by atoms with Crippen LogP contribution in [0.3, 0.4) is 0 Å². The normalized spacial score (nSPS) is 18.9. The quantitative estimate of drug-likeness (QED) is 0.341. The van der Waals surface area contributed by atoms with Crippen molar-refractivity contribution in [1.82, 2.24) is 20.1 Å². The van der Waals surface area contributed by atoms with Gasteiger partial charge in [-0.05, 0) is 44.1 Å². The summed E-state index contributed by atoms with van der Waals surface area (Å²) < 4.78 is 26.8. The molecule has 0 radical (unpaired) electrons. The van der Waals surface area contributed by atoms with E-state index in [9.17, 15) is 18.0 Å². The Labute approximate surface area is 210 Å². The van der Waals surface area contributed by atoms with E-state index in [1.165, 1.54) is 0 Å². The van der Waals surface area contributed by atoms with Crippen molar-refractivity contribution >= 4 is 38.6 Å². The van der Waals surface area contributed by atoms with E-state index in [0.29, 0.717) is 22.8 Å². The van der Waals surface area contributed by atoms with E-state index >= 15 is 0 Å². The van der Waals surface area contributed by atoms with Gasteiger partial charge < -0.3 is 20.3 Å². The molecule has 0 bridgehead atoms. The van der Waals surface area contributed by atoms with E-state index in [0.717, 1.165) is 49.6 Å². The van der Waals surface area contributed by atoms with E-state index in [1.807, 2.05) is 25.1 Å². The molecular formula is C25H33N5O5S. The molecule has 0 spiro atoms. The molecule has 1 fully saturated rings.